The third-order valence-electron chi connectivity index (χ3n) is 5.76. The van der Waals surface area contributed by atoms with E-state index in [1.54, 1.807) is 18.4 Å². The minimum atomic E-state index is -0.0326. The number of rotatable bonds is 3. The van der Waals surface area contributed by atoms with Gasteiger partial charge in [-0.05, 0) is 37.8 Å². The van der Waals surface area contributed by atoms with Gasteiger partial charge in [-0.2, -0.15) is 0 Å². The Bertz CT molecular complexity index is 1000. The number of anilines is 1. The van der Waals surface area contributed by atoms with E-state index in [-0.39, 0.29) is 5.91 Å². The molecule has 0 N–H and O–H groups in total. The number of hydrogen-bond donors (Lipinski definition) is 0. The van der Waals surface area contributed by atoms with Gasteiger partial charge >= 0.3 is 0 Å². The Morgan fingerprint density at radius 3 is 2.62 bits per heavy atom. The molecule has 1 aliphatic heterocycles. The SMILES string of the molecule is O=C(c1ccco1)N1CCCN(c2nc(-c3ccccc3)nc3c2CCC3)CC1. The Balaban J connectivity index is 1.42. The number of aromatic nitrogens is 2. The van der Waals surface area contributed by atoms with Crippen LogP contribution in [0, 0.1) is 0 Å². The number of furan rings is 1. The standard InChI is InChI=1S/C23H24N4O2/c28-23(20-11-5-16-29-20)27-13-6-12-26(14-15-27)22-18-9-4-10-19(18)24-21(25-22)17-7-2-1-3-8-17/h1-3,5,7-8,11,16H,4,6,9-10,12-15H2. The van der Waals surface area contributed by atoms with Crippen molar-refractivity contribution in [2.24, 2.45) is 0 Å². The summed E-state index contributed by atoms with van der Waals surface area (Å²) >= 11 is 0. The fourth-order valence-corrected chi connectivity index (χ4v) is 4.28. The van der Waals surface area contributed by atoms with Crippen LogP contribution < -0.4 is 4.90 Å². The van der Waals surface area contributed by atoms with Crippen molar-refractivity contribution in [3.05, 3.63) is 65.7 Å². The summed E-state index contributed by atoms with van der Waals surface area (Å²) in [6, 6.07) is 13.7. The zero-order valence-electron chi connectivity index (χ0n) is 16.4. The lowest BCUT2D eigenvalue weighted by Crippen LogP contribution is -2.35. The van der Waals surface area contributed by atoms with Gasteiger partial charge in [0.15, 0.2) is 11.6 Å². The predicted molar refractivity (Wildman–Crippen MR) is 111 cm³/mol. The lowest BCUT2D eigenvalue weighted by molar-refractivity contribution is 0.0735. The largest absolute Gasteiger partial charge is 0.459 e. The molecular formula is C23H24N4O2. The highest BCUT2D eigenvalue weighted by Gasteiger charge is 2.27. The van der Waals surface area contributed by atoms with E-state index in [4.69, 9.17) is 14.4 Å². The minimum Gasteiger partial charge on any atom is -0.459 e. The van der Waals surface area contributed by atoms with Crippen LogP contribution >= 0.6 is 0 Å². The smallest absolute Gasteiger partial charge is 0.289 e. The molecule has 2 aliphatic rings. The van der Waals surface area contributed by atoms with Crippen molar-refractivity contribution in [2.75, 3.05) is 31.1 Å². The van der Waals surface area contributed by atoms with Crippen LogP contribution in [0.4, 0.5) is 5.82 Å². The van der Waals surface area contributed by atoms with Gasteiger partial charge in [-0.1, -0.05) is 30.3 Å². The van der Waals surface area contributed by atoms with Crippen molar-refractivity contribution in [3.63, 3.8) is 0 Å². The first kappa shape index (κ1) is 17.9. The molecule has 0 spiro atoms. The number of carbonyl (C=O) groups is 1. The van der Waals surface area contributed by atoms with Crippen LogP contribution in [-0.4, -0.2) is 47.0 Å². The van der Waals surface area contributed by atoms with Crippen molar-refractivity contribution in [1.82, 2.24) is 14.9 Å². The van der Waals surface area contributed by atoms with Gasteiger partial charge in [-0.15, -0.1) is 0 Å². The maximum absolute atomic E-state index is 12.7. The maximum Gasteiger partial charge on any atom is 0.289 e. The molecule has 0 bridgehead atoms. The second kappa shape index (κ2) is 7.70. The normalized spacial score (nSPS) is 16.6. The summed E-state index contributed by atoms with van der Waals surface area (Å²) in [5.74, 6) is 2.23. The molecule has 1 fully saturated rings. The Morgan fingerprint density at radius 2 is 1.79 bits per heavy atom. The molecule has 0 radical (unpaired) electrons. The predicted octanol–water partition coefficient (Wildman–Crippen LogP) is 3.58. The molecule has 3 heterocycles. The first-order valence-corrected chi connectivity index (χ1v) is 10.3. The molecule has 0 unspecified atom stereocenters. The third-order valence-corrected chi connectivity index (χ3v) is 5.76. The number of carbonyl (C=O) groups excluding carboxylic acids is 1. The van der Waals surface area contributed by atoms with Crippen LogP contribution in [0.3, 0.4) is 0 Å². The van der Waals surface area contributed by atoms with Crippen molar-refractivity contribution in [3.8, 4) is 11.4 Å². The topological polar surface area (TPSA) is 62.5 Å². The first-order valence-electron chi connectivity index (χ1n) is 10.3. The molecule has 6 nitrogen and oxygen atoms in total. The Morgan fingerprint density at radius 1 is 0.897 bits per heavy atom. The van der Waals surface area contributed by atoms with E-state index in [9.17, 15) is 4.79 Å². The van der Waals surface area contributed by atoms with Crippen LogP contribution in [0.5, 0.6) is 0 Å². The van der Waals surface area contributed by atoms with E-state index in [0.29, 0.717) is 12.3 Å². The van der Waals surface area contributed by atoms with Crippen LogP contribution in [0.2, 0.25) is 0 Å². The van der Waals surface area contributed by atoms with Gasteiger partial charge in [0.25, 0.3) is 5.91 Å². The van der Waals surface area contributed by atoms with E-state index in [2.05, 4.69) is 17.0 Å². The molecule has 0 saturated carbocycles. The van der Waals surface area contributed by atoms with E-state index < -0.39 is 0 Å². The Kier molecular flexibility index (Phi) is 4.76. The van der Waals surface area contributed by atoms with E-state index in [1.165, 1.54) is 11.3 Å². The summed E-state index contributed by atoms with van der Waals surface area (Å²) in [5, 5.41) is 0. The summed E-state index contributed by atoms with van der Waals surface area (Å²) in [6.45, 7) is 3.05. The second-order valence-corrected chi connectivity index (χ2v) is 7.63. The van der Waals surface area contributed by atoms with Crippen LogP contribution in [-0.2, 0) is 12.8 Å². The van der Waals surface area contributed by atoms with E-state index in [0.717, 1.165) is 62.5 Å². The molecule has 29 heavy (non-hydrogen) atoms. The van der Waals surface area contributed by atoms with Crippen molar-refractivity contribution in [1.29, 1.82) is 0 Å². The summed E-state index contributed by atoms with van der Waals surface area (Å²) in [4.78, 5) is 26.8. The van der Waals surface area contributed by atoms with Gasteiger partial charge in [-0.25, -0.2) is 9.97 Å². The molecule has 148 valence electrons. The first-order chi connectivity index (χ1) is 14.3. The third kappa shape index (κ3) is 3.50. The lowest BCUT2D eigenvalue weighted by atomic mass is 10.1. The van der Waals surface area contributed by atoms with Gasteiger partial charge in [0.2, 0.25) is 0 Å². The molecule has 0 atom stereocenters. The van der Waals surface area contributed by atoms with Crippen molar-refractivity contribution < 1.29 is 9.21 Å². The highest BCUT2D eigenvalue weighted by Crippen LogP contribution is 2.32. The van der Waals surface area contributed by atoms with E-state index >= 15 is 0 Å². The summed E-state index contributed by atoms with van der Waals surface area (Å²) in [5.41, 5.74) is 3.52. The quantitative estimate of drug-likeness (QED) is 0.686. The summed E-state index contributed by atoms with van der Waals surface area (Å²) in [6.07, 6.45) is 5.64. The number of aryl methyl sites for hydroxylation is 1. The molecule has 1 aliphatic carbocycles. The molecule has 3 aromatic rings. The average Bonchev–Trinajstić information content (AvgIpc) is 3.41. The highest BCUT2D eigenvalue weighted by atomic mass is 16.3. The number of fused-ring (bicyclic) bond motifs is 1. The summed E-state index contributed by atoms with van der Waals surface area (Å²) in [7, 11) is 0. The maximum atomic E-state index is 12.7. The Hall–Kier alpha value is -3.15. The minimum absolute atomic E-state index is 0.0326. The van der Waals surface area contributed by atoms with Gasteiger partial charge in [0, 0.05) is 43.0 Å². The molecular weight excluding hydrogens is 364 g/mol. The number of amides is 1. The second-order valence-electron chi connectivity index (χ2n) is 7.63. The lowest BCUT2D eigenvalue weighted by Gasteiger charge is -2.25. The van der Waals surface area contributed by atoms with Gasteiger partial charge < -0.3 is 14.2 Å². The molecule has 1 amide bonds. The molecule has 6 heteroatoms. The summed E-state index contributed by atoms with van der Waals surface area (Å²) < 4.78 is 5.30. The van der Waals surface area contributed by atoms with Crippen molar-refractivity contribution >= 4 is 11.7 Å². The van der Waals surface area contributed by atoms with Crippen LogP contribution in [0.1, 0.15) is 34.7 Å². The number of benzene rings is 1. The van der Waals surface area contributed by atoms with Gasteiger partial charge in [0.05, 0.1) is 6.26 Å². The molecule has 1 aromatic carbocycles. The molecule has 5 rings (SSSR count). The van der Waals surface area contributed by atoms with E-state index in [1.807, 2.05) is 23.1 Å². The zero-order chi connectivity index (χ0) is 19.6. The van der Waals surface area contributed by atoms with Crippen LogP contribution in [0.15, 0.2) is 53.1 Å². The Labute approximate surface area is 170 Å². The van der Waals surface area contributed by atoms with Gasteiger partial charge in [0.1, 0.15) is 5.82 Å². The average molecular weight is 388 g/mol. The highest BCUT2D eigenvalue weighted by molar-refractivity contribution is 5.91. The number of nitrogens with zero attached hydrogens (tertiary/aromatic N) is 4. The monoisotopic (exact) mass is 388 g/mol. The molecule has 1 saturated heterocycles. The van der Waals surface area contributed by atoms with Gasteiger partial charge in [-0.3, -0.25) is 4.79 Å². The van der Waals surface area contributed by atoms with Crippen LogP contribution in [0.25, 0.3) is 11.4 Å². The zero-order valence-corrected chi connectivity index (χ0v) is 16.4. The van der Waals surface area contributed by atoms with Crippen molar-refractivity contribution in [2.45, 2.75) is 25.7 Å². The molecule has 2 aromatic heterocycles. The number of hydrogen-bond acceptors (Lipinski definition) is 5. The fourth-order valence-electron chi connectivity index (χ4n) is 4.28. The fraction of sp³-hybridized carbons (Fsp3) is 0.348.